The number of nitrogens with zero attached hydrogens (tertiary/aromatic N) is 4. The third-order valence-corrected chi connectivity index (χ3v) is 14.7. The van der Waals surface area contributed by atoms with E-state index in [1.165, 1.54) is 36.4 Å². The minimum absolute atomic E-state index is 0.00442. The number of hydrogen-bond donors (Lipinski definition) is 0. The summed E-state index contributed by atoms with van der Waals surface area (Å²) in [5, 5.41) is 2.41. The van der Waals surface area contributed by atoms with E-state index in [9.17, 15) is 52.7 Å². The minimum Gasteiger partial charge on any atom is -0.308 e. The first-order valence-corrected chi connectivity index (χ1v) is 24.6. The summed E-state index contributed by atoms with van der Waals surface area (Å²) in [6.07, 6.45) is -20.8. The fourth-order valence-corrected chi connectivity index (χ4v) is 11.1. The van der Waals surface area contributed by atoms with Crippen molar-refractivity contribution in [3.8, 4) is 73.2 Å². The van der Waals surface area contributed by atoms with Gasteiger partial charge in [-0.15, -0.1) is 11.3 Å². The van der Waals surface area contributed by atoms with E-state index in [1.54, 1.807) is 22.0 Å². The molecule has 0 N–H and O–H groups in total. The number of halogens is 12. The Bertz CT molecular complexity index is 4070. The molecule has 386 valence electrons. The summed E-state index contributed by atoms with van der Waals surface area (Å²) < 4.78 is 175. The molecule has 17 heteroatoms. The zero-order chi connectivity index (χ0) is 54.5. The Morgan fingerprint density at radius 1 is 0.308 bits per heavy atom. The lowest BCUT2D eigenvalue weighted by Crippen LogP contribution is -2.11. The van der Waals surface area contributed by atoms with Crippen LogP contribution < -0.4 is 0 Å². The lowest BCUT2D eigenvalue weighted by atomic mass is 9.96. The molecule has 4 nitrogen and oxygen atoms in total. The smallest absolute Gasteiger partial charge is 0.308 e. The number of alkyl halides is 12. The van der Waals surface area contributed by atoms with Crippen molar-refractivity contribution in [2.45, 2.75) is 24.7 Å². The first kappa shape index (κ1) is 50.0. The van der Waals surface area contributed by atoms with Crippen LogP contribution in [0.2, 0.25) is 0 Å². The fourth-order valence-electron chi connectivity index (χ4n) is 9.87. The predicted octanol–water partition coefficient (Wildman–Crippen LogP) is 19.4. The van der Waals surface area contributed by atoms with Gasteiger partial charge >= 0.3 is 24.7 Å². The van der Waals surface area contributed by atoms with Crippen LogP contribution in [0, 0.1) is 0 Å². The summed E-state index contributed by atoms with van der Waals surface area (Å²) in [6.45, 7) is 0. The van der Waals surface area contributed by atoms with Crippen LogP contribution in [0.1, 0.15) is 22.3 Å². The van der Waals surface area contributed by atoms with Crippen LogP contribution in [0.25, 0.3) is 115 Å². The van der Waals surface area contributed by atoms with Crippen LogP contribution in [-0.2, 0) is 24.7 Å². The molecule has 3 aromatic heterocycles. The van der Waals surface area contributed by atoms with Crippen molar-refractivity contribution in [2.24, 2.45) is 0 Å². The molecule has 12 rings (SSSR count). The number of rotatable bonds is 7. The molecule has 0 bridgehead atoms. The molecule has 12 aromatic rings. The van der Waals surface area contributed by atoms with Crippen molar-refractivity contribution in [1.29, 1.82) is 0 Å². The first-order chi connectivity index (χ1) is 37.2. The topological polar surface area (TPSA) is 43.6 Å². The van der Waals surface area contributed by atoms with E-state index < -0.39 is 58.1 Å². The molecule has 0 aliphatic carbocycles. The minimum atomic E-state index is -5.19. The highest BCUT2D eigenvalue weighted by Gasteiger charge is 2.39. The summed E-state index contributed by atoms with van der Waals surface area (Å²) in [4.78, 5) is 15.1. The third-order valence-electron chi connectivity index (χ3n) is 13.5. The second kappa shape index (κ2) is 18.4. The maximum absolute atomic E-state index is 14.3. The Hall–Kier alpha value is -8.83. The Labute approximate surface area is 438 Å². The average molecular weight is 1080 g/mol. The van der Waals surface area contributed by atoms with Crippen LogP contribution >= 0.6 is 11.3 Å². The Kier molecular flexibility index (Phi) is 11.8. The molecule has 0 saturated heterocycles. The van der Waals surface area contributed by atoms with Gasteiger partial charge in [0, 0.05) is 47.6 Å². The van der Waals surface area contributed by atoms with E-state index in [0.29, 0.717) is 69.3 Å². The molecule has 3 heterocycles. The third kappa shape index (κ3) is 9.16. The van der Waals surface area contributed by atoms with Crippen LogP contribution in [0.15, 0.2) is 194 Å². The van der Waals surface area contributed by atoms with E-state index >= 15 is 0 Å². The SMILES string of the molecule is FC(F)(F)c1cc(-c2ccc3c(c2)c2cc(-c4cc(C(F)(F)F)cc(C(F)(F)F)c4)ccc2n3-c2ccc(-c3cccc4c3sc3ccccc34)cc2-c2nc(-c3ccccc3)nc(-c3ccccc3)n2)cc(C(F)(F)F)c1. The van der Waals surface area contributed by atoms with Gasteiger partial charge in [-0.2, -0.15) is 52.7 Å². The van der Waals surface area contributed by atoms with Crippen LogP contribution in [0.5, 0.6) is 0 Å². The zero-order valence-electron chi connectivity index (χ0n) is 39.7. The molecule has 78 heavy (non-hydrogen) atoms. The molecule has 0 aliphatic rings. The van der Waals surface area contributed by atoms with Crippen molar-refractivity contribution in [3.05, 3.63) is 216 Å². The Balaban J connectivity index is 1.17. The van der Waals surface area contributed by atoms with Gasteiger partial charge < -0.3 is 4.57 Å². The number of benzene rings is 9. The molecular formula is C61H32F12N4S. The fraction of sp³-hybridized carbons (Fsp3) is 0.0656. The maximum Gasteiger partial charge on any atom is 0.416 e. The van der Waals surface area contributed by atoms with Gasteiger partial charge in [0.2, 0.25) is 0 Å². The van der Waals surface area contributed by atoms with Gasteiger partial charge in [-0.05, 0) is 112 Å². The van der Waals surface area contributed by atoms with Gasteiger partial charge in [-0.3, -0.25) is 0 Å². The molecule has 9 aromatic carbocycles. The van der Waals surface area contributed by atoms with E-state index in [4.69, 9.17) is 15.0 Å². The van der Waals surface area contributed by atoms with Gasteiger partial charge in [-0.25, -0.2) is 15.0 Å². The van der Waals surface area contributed by atoms with Crippen molar-refractivity contribution in [3.63, 3.8) is 0 Å². The zero-order valence-corrected chi connectivity index (χ0v) is 40.5. The highest BCUT2D eigenvalue weighted by atomic mass is 32.1. The van der Waals surface area contributed by atoms with E-state index in [-0.39, 0.29) is 39.9 Å². The first-order valence-electron chi connectivity index (χ1n) is 23.8. The standard InChI is InChI=1S/C61H32F12N4S/c62-58(63,64)40-24-38(25-41(31-40)59(65,66)67)35-18-21-50-47(28-35)48-29-36(39-26-42(60(68,69)70)32-43(27-39)61(71,72)73)19-22-51(48)77(50)52-23-20-37(44-15-9-16-46-45-14-7-8-17-53(45)78-54(44)46)30-49(52)57-75-55(33-10-3-1-4-11-33)74-56(76-57)34-12-5-2-6-13-34/h1-32H. The summed E-state index contributed by atoms with van der Waals surface area (Å²) >= 11 is 1.60. The molecule has 0 saturated carbocycles. The van der Waals surface area contributed by atoms with E-state index in [1.807, 2.05) is 115 Å². The molecule has 0 amide bonds. The average Bonchev–Trinajstić information content (AvgIpc) is 4.17. The van der Waals surface area contributed by atoms with Gasteiger partial charge in [0.05, 0.1) is 39.0 Å². The van der Waals surface area contributed by atoms with Crippen molar-refractivity contribution < 1.29 is 52.7 Å². The summed E-state index contributed by atoms with van der Waals surface area (Å²) in [5.41, 5.74) is -3.12. The highest BCUT2D eigenvalue weighted by Crippen LogP contribution is 2.46. The number of aromatic nitrogens is 4. The Morgan fingerprint density at radius 3 is 1.23 bits per heavy atom. The highest BCUT2D eigenvalue weighted by molar-refractivity contribution is 7.26. The van der Waals surface area contributed by atoms with E-state index in [0.717, 1.165) is 31.3 Å². The van der Waals surface area contributed by atoms with Crippen LogP contribution in [0.4, 0.5) is 52.7 Å². The lowest BCUT2D eigenvalue weighted by Gasteiger charge is -2.17. The molecule has 0 unspecified atom stereocenters. The Morgan fingerprint density at radius 2 is 0.744 bits per heavy atom. The van der Waals surface area contributed by atoms with Crippen LogP contribution in [-0.4, -0.2) is 19.5 Å². The predicted molar refractivity (Wildman–Crippen MR) is 280 cm³/mol. The van der Waals surface area contributed by atoms with Crippen molar-refractivity contribution in [1.82, 2.24) is 19.5 Å². The number of thiophene rings is 1. The van der Waals surface area contributed by atoms with Gasteiger partial charge in [0.25, 0.3) is 0 Å². The monoisotopic (exact) mass is 1080 g/mol. The lowest BCUT2D eigenvalue weighted by molar-refractivity contribution is -0.144. The molecule has 0 fully saturated rings. The maximum atomic E-state index is 14.3. The van der Waals surface area contributed by atoms with Crippen molar-refractivity contribution >= 4 is 53.3 Å². The van der Waals surface area contributed by atoms with Gasteiger partial charge in [-0.1, -0.05) is 115 Å². The molecule has 0 radical (unpaired) electrons. The van der Waals surface area contributed by atoms with Crippen molar-refractivity contribution in [2.75, 3.05) is 0 Å². The summed E-state index contributed by atoms with van der Waals surface area (Å²) in [7, 11) is 0. The normalized spacial score (nSPS) is 12.6. The largest absolute Gasteiger partial charge is 0.416 e. The summed E-state index contributed by atoms with van der Waals surface area (Å²) in [6, 6.07) is 48.5. The second-order valence-electron chi connectivity index (χ2n) is 18.4. The van der Waals surface area contributed by atoms with Crippen LogP contribution in [0.3, 0.4) is 0 Å². The van der Waals surface area contributed by atoms with Gasteiger partial charge in [0.15, 0.2) is 17.5 Å². The molecule has 0 atom stereocenters. The number of hydrogen-bond acceptors (Lipinski definition) is 4. The molecular weight excluding hydrogens is 1050 g/mol. The molecule has 0 spiro atoms. The molecule has 0 aliphatic heterocycles. The van der Waals surface area contributed by atoms with Gasteiger partial charge in [0.1, 0.15) is 0 Å². The quantitative estimate of drug-likeness (QED) is 0.149. The summed E-state index contributed by atoms with van der Waals surface area (Å²) in [5.74, 6) is 0.786. The second-order valence-corrected chi connectivity index (χ2v) is 19.5. The van der Waals surface area contributed by atoms with E-state index in [2.05, 4.69) is 0 Å². The number of fused-ring (bicyclic) bond motifs is 6.